The molecule has 0 saturated carbocycles. The zero-order valence-corrected chi connectivity index (χ0v) is 25.0. The lowest BCUT2D eigenvalue weighted by Gasteiger charge is -2.39. The first-order chi connectivity index (χ1) is 21.3. The fraction of sp³-hybridized carbons (Fsp3) is 0.216. The van der Waals surface area contributed by atoms with Gasteiger partial charge in [0.25, 0.3) is 0 Å². The molecule has 4 aromatic carbocycles. The third-order valence-corrected chi connectivity index (χ3v) is 9.39. The van der Waals surface area contributed by atoms with Crippen LogP contribution in [0.3, 0.4) is 0 Å². The molecule has 3 aliphatic heterocycles. The van der Waals surface area contributed by atoms with E-state index >= 15 is 4.79 Å². The van der Waals surface area contributed by atoms with Crippen molar-refractivity contribution in [1.29, 1.82) is 0 Å². The smallest absolute Gasteiger partial charge is 0.238 e. The van der Waals surface area contributed by atoms with E-state index in [0.29, 0.717) is 33.9 Å². The van der Waals surface area contributed by atoms with Gasteiger partial charge in [-0.1, -0.05) is 60.2 Å². The molecule has 4 aromatic rings. The largest absolute Gasteiger partial charge is 0.497 e. The number of methoxy groups -OCH3 is 2. The molecular formula is C37H32N2O5. The van der Waals surface area contributed by atoms with Crippen LogP contribution in [0.15, 0.2) is 97.1 Å². The molecule has 7 nitrogen and oxygen atoms in total. The van der Waals surface area contributed by atoms with Crippen molar-refractivity contribution in [2.75, 3.05) is 24.4 Å². The number of ether oxygens (including phenoxy) is 2. The second-order valence-electron chi connectivity index (χ2n) is 11.7. The Morgan fingerprint density at radius 3 is 2.14 bits per heavy atom. The molecule has 3 heterocycles. The zero-order chi connectivity index (χ0) is 30.7. The van der Waals surface area contributed by atoms with Gasteiger partial charge < -0.3 is 19.7 Å². The van der Waals surface area contributed by atoms with E-state index in [9.17, 15) is 9.59 Å². The van der Waals surface area contributed by atoms with Gasteiger partial charge in [-0.15, -0.1) is 0 Å². The van der Waals surface area contributed by atoms with Crippen LogP contribution < -0.4 is 19.7 Å². The second-order valence-corrected chi connectivity index (χ2v) is 11.7. The lowest BCUT2D eigenvalue weighted by atomic mass is 9.64. The van der Waals surface area contributed by atoms with Crippen molar-refractivity contribution in [3.63, 3.8) is 0 Å². The summed E-state index contributed by atoms with van der Waals surface area (Å²) >= 11 is 0. The van der Waals surface area contributed by atoms with Crippen molar-refractivity contribution < 1.29 is 23.9 Å². The molecule has 4 unspecified atom stereocenters. The van der Waals surface area contributed by atoms with E-state index in [1.54, 1.807) is 62.8 Å². The van der Waals surface area contributed by atoms with Crippen molar-refractivity contribution in [3.05, 3.63) is 125 Å². The number of nitrogens with one attached hydrogen (secondary N) is 1. The average Bonchev–Trinajstić information content (AvgIpc) is 3.52. The molecule has 0 aliphatic carbocycles. The molecule has 4 atom stereocenters. The SMILES string of the molecule is COc1cccc(C(=O)C2C(C(=O)c3cccc(OC)c3)C3(C(=O)Nc4ccccc43)C3C=C(C)c4cc(C)ccc4N23)c1. The number of hydrogen-bond acceptors (Lipinski definition) is 6. The first kappa shape index (κ1) is 27.7. The fourth-order valence-corrected chi connectivity index (χ4v) is 7.45. The molecule has 1 saturated heterocycles. The van der Waals surface area contributed by atoms with Crippen LogP contribution in [0.2, 0.25) is 0 Å². The van der Waals surface area contributed by atoms with E-state index in [-0.39, 0.29) is 17.5 Å². The van der Waals surface area contributed by atoms with Gasteiger partial charge in [0.05, 0.1) is 26.2 Å². The van der Waals surface area contributed by atoms with Crippen molar-refractivity contribution >= 4 is 34.4 Å². The van der Waals surface area contributed by atoms with Crippen molar-refractivity contribution in [2.24, 2.45) is 5.92 Å². The number of carbonyl (C=O) groups excluding carboxylic acids is 3. The number of hydrogen-bond donors (Lipinski definition) is 1. The van der Waals surface area contributed by atoms with E-state index in [1.807, 2.05) is 55.1 Å². The molecule has 44 heavy (non-hydrogen) atoms. The third-order valence-electron chi connectivity index (χ3n) is 9.39. The van der Waals surface area contributed by atoms with Gasteiger partial charge in [0.2, 0.25) is 5.91 Å². The number of amides is 1. The second kappa shape index (κ2) is 10.2. The van der Waals surface area contributed by atoms with E-state index in [4.69, 9.17) is 9.47 Å². The number of rotatable bonds is 6. The number of Topliss-reactive ketones (excluding diaryl/α,β-unsaturated/α-hetero) is 2. The zero-order valence-electron chi connectivity index (χ0n) is 25.0. The fourth-order valence-electron chi connectivity index (χ4n) is 7.45. The predicted octanol–water partition coefficient (Wildman–Crippen LogP) is 6.26. The number of allylic oxidation sites excluding steroid dienone is 1. The van der Waals surface area contributed by atoms with E-state index in [2.05, 4.69) is 17.5 Å². The molecule has 7 rings (SSSR count). The first-order valence-electron chi connectivity index (χ1n) is 14.6. The number of benzene rings is 4. The Morgan fingerprint density at radius 2 is 1.45 bits per heavy atom. The summed E-state index contributed by atoms with van der Waals surface area (Å²) in [5.41, 5.74) is 4.60. The van der Waals surface area contributed by atoms with Crippen LogP contribution in [0.5, 0.6) is 11.5 Å². The van der Waals surface area contributed by atoms with Gasteiger partial charge in [0.1, 0.15) is 23.0 Å². The van der Waals surface area contributed by atoms with Crippen LogP contribution in [-0.2, 0) is 10.2 Å². The van der Waals surface area contributed by atoms with E-state index in [0.717, 1.165) is 22.4 Å². The van der Waals surface area contributed by atoms with Crippen LogP contribution in [0.4, 0.5) is 11.4 Å². The molecule has 7 heteroatoms. The standard InChI is InChI=1S/C37H32N2O5/c1-21-15-16-30-27(17-21)22(2)18-31-37(28-13-5-6-14-29(28)38-36(37)42)32(34(40)23-9-7-11-25(19-23)43-3)33(39(30)31)35(41)24-10-8-12-26(20-24)44-4/h5-20,31-33H,1-4H3,(H,38,42). The number of nitrogens with zero attached hydrogens (tertiary/aromatic N) is 1. The number of ketones is 2. The van der Waals surface area contributed by atoms with Crippen LogP contribution in [0, 0.1) is 12.8 Å². The molecule has 220 valence electrons. The summed E-state index contributed by atoms with van der Waals surface area (Å²) in [4.78, 5) is 46.6. The molecular weight excluding hydrogens is 552 g/mol. The first-order valence-corrected chi connectivity index (χ1v) is 14.6. The molecule has 1 N–H and O–H groups in total. The highest BCUT2D eigenvalue weighted by Crippen LogP contribution is 2.59. The maximum absolute atomic E-state index is 15.0. The Labute approximate surface area is 256 Å². The highest BCUT2D eigenvalue weighted by molar-refractivity contribution is 6.18. The molecule has 1 amide bonds. The summed E-state index contributed by atoms with van der Waals surface area (Å²) in [6.07, 6.45) is 2.06. The van der Waals surface area contributed by atoms with E-state index in [1.165, 1.54) is 0 Å². The minimum absolute atomic E-state index is 0.260. The predicted molar refractivity (Wildman–Crippen MR) is 170 cm³/mol. The Hall–Kier alpha value is -5.17. The topological polar surface area (TPSA) is 84.9 Å². The van der Waals surface area contributed by atoms with Gasteiger partial charge >= 0.3 is 0 Å². The minimum Gasteiger partial charge on any atom is -0.497 e. The quantitative estimate of drug-likeness (QED) is 0.270. The Kier molecular flexibility index (Phi) is 6.43. The lowest BCUT2D eigenvalue weighted by Crippen LogP contribution is -2.51. The van der Waals surface area contributed by atoms with Crippen LogP contribution >= 0.6 is 0 Å². The van der Waals surface area contributed by atoms with Crippen molar-refractivity contribution in [2.45, 2.75) is 31.3 Å². The number of aryl methyl sites for hydroxylation is 1. The normalized spacial score (nSPS) is 22.9. The van der Waals surface area contributed by atoms with Crippen LogP contribution in [-0.4, -0.2) is 43.8 Å². The molecule has 0 bridgehead atoms. The number of para-hydroxylation sites is 1. The summed E-state index contributed by atoms with van der Waals surface area (Å²) in [7, 11) is 3.10. The van der Waals surface area contributed by atoms with Crippen LogP contribution in [0.1, 0.15) is 44.3 Å². The summed E-state index contributed by atoms with van der Waals surface area (Å²) in [5, 5.41) is 3.08. The Bertz CT molecular complexity index is 1890. The molecule has 3 aliphatic rings. The minimum atomic E-state index is -1.39. The molecule has 1 spiro atoms. The third kappa shape index (κ3) is 3.85. The van der Waals surface area contributed by atoms with Gasteiger partial charge in [-0.05, 0) is 67.4 Å². The molecule has 0 radical (unpaired) electrons. The van der Waals surface area contributed by atoms with Crippen molar-refractivity contribution in [3.8, 4) is 11.5 Å². The summed E-state index contributed by atoms with van der Waals surface area (Å²) < 4.78 is 10.9. The van der Waals surface area contributed by atoms with Crippen LogP contribution in [0.25, 0.3) is 5.57 Å². The number of anilines is 2. The monoisotopic (exact) mass is 584 g/mol. The summed E-state index contributed by atoms with van der Waals surface area (Å²) in [6.45, 7) is 4.05. The summed E-state index contributed by atoms with van der Waals surface area (Å²) in [5.74, 6) is -0.877. The highest BCUT2D eigenvalue weighted by Gasteiger charge is 2.70. The lowest BCUT2D eigenvalue weighted by molar-refractivity contribution is -0.121. The number of carbonyl (C=O) groups is 3. The number of fused-ring (bicyclic) bond motifs is 6. The Morgan fingerprint density at radius 1 is 0.795 bits per heavy atom. The maximum Gasteiger partial charge on any atom is 0.238 e. The van der Waals surface area contributed by atoms with Gasteiger partial charge in [-0.25, -0.2) is 0 Å². The molecule has 1 fully saturated rings. The van der Waals surface area contributed by atoms with Gasteiger partial charge in [0, 0.05) is 28.1 Å². The highest BCUT2D eigenvalue weighted by atomic mass is 16.5. The Balaban J connectivity index is 1.55. The van der Waals surface area contributed by atoms with E-state index < -0.39 is 23.4 Å². The maximum atomic E-state index is 15.0. The average molecular weight is 585 g/mol. The van der Waals surface area contributed by atoms with Crippen molar-refractivity contribution in [1.82, 2.24) is 0 Å². The summed E-state index contributed by atoms with van der Waals surface area (Å²) in [6, 6.07) is 25.9. The van der Waals surface area contributed by atoms with Gasteiger partial charge in [-0.2, -0.15) is 0 Å². The molecule has 0 aromatic heterocycles. The van der Waals surface area contributed by atoms with Gasteiger partial charge in [-0.3, -0.25) is 14.4 Å². The van der Waals surface area contributed by atoms with Gasteiger partial charge in [0.15, 0.2) is 11.6 Å².